The number of aromatic nitrogens is 2. The molecule has 0 fully saturated rings. The van der Waals surface area contributed by atoms with Gasteiger partial charge in [-0.2, -0.15) is 0 Å². The second-order valence-corrected chi connectivity index (χ2v) is 5.80. The molecule has 4 N–H and O–H groups in total. The van der Waals surface area contributed by atoms with Crippen LogP contribution in [0.5, 0.6) is 0 Å². The second kappa shape index (κ2) is 12.7. The van der Waals surface area contributed by atoms with E-state index in [4.69, 9.17) is 5.73 Å². The highest BCUT2D eigenvalue weighted by Gasteiger charge is 2.14. The Kier molecular flexibility index (Phi) is 10.3. The Morgan fingerprint density at radius 1 is 1.23 bits per heavy atom. The maximum absolute atomic E-state index is 12.5. The van der Waals surface area contributed by atoms with Gasteiger partial charge in [0, 0.05) is 24.7 Å². The van der Waals surface area contributed by atoms with Crippen LogP contribution in [-0.2, 0) is 0 Å². The number of nitrogen functional groups attached to an aromatic ring is 1. The van der Waals surface area contributed by atoms with E-state index in [1.54, 1.807) is 30.3 Å². The van der Waals surface area contributed by atoms with Gasteiger partial charge >= 0.3 is 0 Å². The number of hydrogen-bond donors (Lipinski definition) is 3. The summed E-state index contributed by atoms with van der Waals surface area (Å²) in [5.74, 6) is -0.613. The third-order valence-electron chi connectivity index (χ3n) is 3.88. The molecule has 1 heterocycles. The zero-order chi connectivity index (χ0) is 22.5. The van der Waals surface area contributed by atoms with E-state index in [-0.39, 0.29) is 17.4 Å². The Labute approximate surface area is 177 Å². The van der Waals surface area contributed by atoms with Crippen LogP contribution in [0.1, 0.15) is 41.6 Å². The summed E-state index contributed by atoms with van der Waals surface area (Å²) in [4.78, 5) is 32.7. The van der Waals surface area contributed by atoms with Gasteiger partial charge in [0.25, 0.3) is 11.8 Å². The minimum absolute atomic E-state index is 0.0413. The Balaban J connectivity index is 0.00000218. The fourth-order valence-corrected chi connectivity index (χ4v) is 2.35. The molecule has 2 rings (SSSR count). The highest BCUT2D eigenvalue weighted by Crippen LogP contribution is 2.20. The number of nitrogens with one attached hydrogen (secondary N) is 2. The molecular formula is C23H29N5O2. The second-order valence-electron chi connectivity index (χ2n) is 5.80. The summed E-state index contributed by atoms with van der Waals surface area (Å²) in [6.07, 6.45) is 8.83. The largest absolute Gasteiger partial charge is 0.382 e. The third kappa shape index (κ3) is 6.70. The predicted octanol–water partition coefficient (Wildman–Crippen LogP) is 3.53. The maximum atomic E-state index is 12.5. The van der Waals surface area contributed by atoms with Crippen LogP contribution in [-0.4, -0.2) is 35.4 Å². The molecule has 2 amide bonds. The highest BCUT2D eigenvalue weighted by molar-refractivity contribution is 5.97. The van der Waals surface area contributed by atoms with Gasteiger partial charge in [-0.25, -0.2) is 9.97 Å². The molecule has 0 radical (unpaired) electrons. The SMILES string of the molecule is C=C/C(=C\C=C/C)CNC(=O)c1cccc(-c2cnc(N)c(C(=O)NC)n2)c1.CC. The van der Waals surface area contributed by atoms with Gasteiger partial charge in [-0.1, -0.05) is 56.9 Å². The molecule has 158 valence electrons. The summed E-state index contributed by atoms with van der Waals surface area (Å²) in [6, 6.07) is 6.91. The molecule has 0 spiro atoms. The number of amides is 2. The summed E-state index contributed by atoms with van der Waals surface area (Å²) in [7, 11) is 1.49. The number of nitrogens with zero attached hydrogens (tertiary/aromatic N) is 2. The standard InChI is InChI=1S/C21H23N5O2.C2H6/c1-4-6-8-14(5-2)12-25-20(27)16-10-7-9-15(11-16)17-13-24-19(22)18(26-17)21(28)23-3;1-2/h4-11,13H,2,12H2,1,3H3,(H2,22,24)(H,23,28)(H,25,27);1-2H3/b6-4-,14-8+;. The normalized spacial score (nSPS) is 10.7. The average Bonchev–Trinajstić information content (AvgIpc) is 2.80. The van der Waals surface area contributed by atoms with Gasteiger partial charge < -0.3 is 16.4 Å². The molecule has 0 aliphatic rings. The van der Waals surface area contributed by atoms with Gasteiger partial charge in [-0.3, -0.25) is 9.59 Å². The van der Waals surface area contributed by atoms with Crippen LogP contribution < -0.4 is 16.4 Å². The van der Waals surface area contributed by atoms with Crippen molar-refractivity contribution < 1.29 is 9.59 Å². The van der Waals surface area contributed by atoms with E-state index in [0.717, 1.165) is 5.57 Å². The van der Waals surface area contributed by atoms with Crippen LogP contribution in [0.2, 0.25) is 0 Å². The molecule has 7 heteroatoms. The van der Waals surface area contributed by atoms with Crippen LogP contribution in [0, 0.1) is 0 Å². The van der Waals surface area contributed by atoms with Crippen LogP contribution in [0.25, 0.3) is 11.3 Å². The minimum Gasteiger partial charge on any atom is -0.382 e. The first-order valence-corrected chi connectivity index (χ1v) is 9.67. The molecule has 0 saturated carbocycles. The smallest absolute Gasteiger partial charge is 0.273 e. The number of rotatable bonds is 7. The van der Waals surface area contributed by atoms with Gasteiger partial charge in [-0.15, -0.1) is 0 Å². The number of anilines is 1. The first kappa shape index (κ1) is 24.3. The van der Waals surface area contributed by atoms with Crippen molar-refractivity contribution in [3.63, 3.8) is 0 Å². The lowest BCUT2D eigenvalue weighted by Crippen LogP contribution is -2.25. The average molecular weight is 408 g/mol. The Bertz CT molecular complexity index is 948. The van der Waals surface area contributed by atoms with E-state index in [1.165, 1.54) is 13.2 Å². The molecule has 0 saturated heterocycles. The monoisotopic (exact) mass is 407 g/mol. The highest BCUT2D eigenvalue weighted by atomic mass is 16.2. The lowest BCUT2D eigenvalue weighted by molar-refractivity contribution is 0.0949. The maximum Gasteiger partial charge on any atom is 0.273 e. The molecule has 1 aromatic heterocycles. The Morgan fingerprint density at radius 2 is 1.97 bits per heavy atom. The molecule has 0 aliphatic carbocycles. The lowest BCUT2D eigenvalue weighted by Gasteiger charge is -2.09. The molecule has 2 aromatic rings. The fourth-order valence-electron chi connectivity index (χ4n) is 2.35. The molecule has 30 heavy (non-hydrogen) atoms. The van der Waals surface area contributed by atoms with Gasteiger partial charge in [0.05, 0.1) is 11.9 Å². The molecule has 0 unspecified atom stereocenters. The van der Waals surface area contributed by atoms with Crippen molar-refractivity contribution in [1.29, 1.82) is 0 Å². The Hall–Kier alpha value is -3.74. The van der Waals surface area contributed by atoms with Crippen molar-refractivity contribution in [3.05, 3.63) is 78.2 Å². The zero-order valence-electron chi connectivity index (χ0n) is 17.9. The van der Waals surface area contributed by atoms with E-state index >= 15 is 0 Å². The van der Waals surface area contributed by atoms with Gasteiger partial charge in [0.15, 0.2) is 11.5 Å². The fraction of sp³-hybridized carbons (Fsp3) is 0.217. The third-order valence-corrected chi connectivity index (χ3v) is 3.88. The first-order valence-electron chi connectivity index (χ1n) is 9.67. The molecule has 0 bridgehead atoms. The van der Waals surface area contributed by atoms with Crippen LogP contribution in [0.15, 0.2) is 66.9 Å². The molecule has 0 aliphatic heterocycles. The van der Waals surface area contributed by atoms with Crippen molar-refractivity contribution in [2.24, 2.45) is 0 Å². The van der Waals surface area contributed by atoms with Crippen LogP contribution >= 0.6 is 0 Å². The zero-order valence-corrected chi connectivity index (χ0v) is 17.9. The minimum atomic E-state index is -0.425. The molecule has 7 nitrogen and oxygen atoms in total. The number of nitrogens with two attached hydrogens (primary N) is 1. The molecular weight excluding hydrogens is 378 g/mol. The molecule has 0 atom stereocenters. The summed E-state index contributed by atoms with van der Waals surface area (Å²) >= 11 is 0. The first-order chi connectivity index (χ1) is 14.5. The molecule has 1 aromatic carbocycles. The number of carbonyl (C=O) groups excluding carboxylic acids is 2. The predicted molar refractivity (Wildman–Crippen MR) is 122 cm³/mol. The van der Waals surface area contributed by atoms with Crippen LogP contribution in [0.3, 0.4) is 0 Å². The number of carbonyl (C=O) groups is 2. The topological polar surface area (TPSA) is 110 Å². The van der Waals surface area contributed by atoms with Crippen molar-refractivity contribution >= 4 is 17.6 Å². The van der Waals surface area contributed by atoms with Crippen molar-refractivity contribution in [1.82, 2.24) is 20.6 Å². The summed E-state index contributed by atoms with van der Waals surface area (Å²) < 4.78 is 0. The van der Waals surface area contributed by atoms with Crippen molar-refractivity contribution in [3.8, 4) is 11.3 Å². The van der Waals surface area contributed by atoms with Crippen molar-refractivity contribution in [2.45, 2.75) is 20.8 Å². The van der Waals surface area contributed by atoms with Gasteiger partial charge in [0.1, 0.15) is 0 Å². The van der Waals surface area contributed by atoms with Gasteiger partial charge in [-0.05, 0) is 24.6 Å². The van der Waals surface area contributed by atoms with E-state index in [9.17, 15) is 9.59 Å². The summed E-state index contributed by atoms with van der Waals surface area (Å²) in [6.45, 7) is 10.0. The lowest BCUT2D eigenvalue weighted by atomic mass is 10.1. The van der Waals surface area contributed by atoms with E-state index in [0.29, 0.717) is 23.4 Å². The van der Waals surface area contributed by atoms with Crippen LogP contribution in [0.4, 0.5) is 5.82 Å². The summed E-state index contributed by atoms with van der Waals surface area (Å²) in [5.41, 5.74) is 8.22. The van der Waals surface area contributed by atoms with E-state index < -0.39 is 5.91 Å². The number of allylic oxidation sites excluding steroid dienone is 3. The summed E-state index contributed by atoms with van der Waals surface area (Å²) in [5, 5.41) is 5.33. The van der Waals surface area contributed by atoms with E-state index in [2.05, 4.69) is 27.2 Å². The Morgan fingerprint density at radius 3 is 2.60 bits per heavy atom. The number of benzene rings is 1. The van der Waals surface area contributed by atoms with Gasteiger partial charge in [0.2, 0.25) is 0 Å². The van der Waals surface area contributed by atoms with E-state index in [1.807, 2.05) is 39.0 Å². The number of hydrogen-bond acceptors (Lipinski definition) is 5. The van der Waals surface area contributed by atoms with Crippen molar-refractivity contribution in [2.75, 3.05) is 19.3 Å². The quantitative estimate of drug-likeness (QED) is 0.608.